The van der Waals surface area contributed by atoms with Crippen molar-refractivity contribution in [2.24, 2.45) is 0 Å². The minimum absolute atomic E-state index is 0.00631. The number of aryl methyl sites for hydroxylation is 1. The number of benzene rings is 1. The Hall–Kier alpha value is -1.75. The highest BCUT2D eigenvalue weighted by Crippen LogP contribution is 2.22. The summed E-state index contributed by atoms with van der Waals surface area (Å²) in [6.07, 6.45) is 0.598. The van der Waals surface area contributed by atoms with Gasteiger partial charge in [0.2, 0.25) is 0 Å². The van der Waals surface area contributed by atoms with Crippen molar-refractivity contribution in [3.63, 3.8) is 0 Å². The summed E-state index contributed by atoms with van der Waals surface area (Å²) in [5.41, 5.74) is 0.00631. The normalized spacial score (nSPS) is 10.4. The van der Waals surface area contributed by atoms with Gasteiger partial charge in [0.15, 0.2) is 11.6 Å². The van der Waals surface area contributed by atoms with E-state index in [1.54, 1.807) is 0 Å². The van der Waals surface area contributed by atoms with Gasteiger partial charge in [-0.05, 0) is 12.1 Å². The highest BCUT2D eigenvalue weighted by atomic mass is 35.5. The Morgan fingerprint density at radius 1 is 1.28 bits per heavy atom. The average molecular weight is 270 g/mol. The van der Waals surface area contributed by atoms with E-state index in [2.05, 4.69) is 15.3 Å². The Kier molecular flexibility index (Phi) is 3.72. The monoisotopic (exact) mass is 269 g/mol. The summed E-state index contributed by atoms with van der Waals surface area (Å²) >= 11 is 5.81. The van der Waals surface area contributed by atoms with Crippen LogP contribution in [0.1, 0.15) is 12.7 Å². The van der Waals surface area contributed by atoms with Crippen molar-refractivity contribution in [3.8, 4) is 0 Å². The SMILES string of the molecule is CCc1nc(Cl)cc(Nc2cccc(F)c2F)n1. The molecular weight excluding hydrogens is 260 g/mol. The van der Waals surface area contributed by atoms with Crippen molar-refractivity contribution >= 4 is 23.1 Å². The lowest BCUT2D eigenvalue weighted by molar-refractivity contribution is 0.511. The topological polar surface area (TPSA) is 37.8 Å². The molecule has 2 aromatic rings. The molecule has 0 amide bonds. The maximum absolute atomic E-state index is 13.5. The molecule has 0 aliphatic rings. The van der Waals surface area contributed by atoms with Crippen LogP contribution >= 0.6 is 11.6 Å². The smallest absolute Gasteiger partial charge is 0.182 e. The lowest BCUT2D eigenvalue weighted by atomic mass is 10.3. The molecule has 0 aliphatic heterocycles. The fraction of sp³-hybridized carbons (Fsp3) is 0.167. The summed E-state index contributed by atoms with van der Waals surface area (Å²) in [4.78, 5) is 8.10. The Balaban J connectivity index is 2.34. The quantitative estimate of drug-likeness (QED) is 0.863. The van der Waals surface area contributed by atoms with E-state index in [4.69, 9.17) is 11.6 Å². The molecule has 2 rings (SSSR count). The van der Waals surface area contributed by atoms with E-state index < -0.39 is 11.6 Å². The summed E-state index contributed by atoms with van der Waals surface area (Å²) in [5, 5.41) is 2.93. The Bertz CT molecular complexity index is 575. The molecule has 1 aromatic carbocycles. The number of hydrogen-bond donors (Lipinski definition) is 1. The third kappa shape index (κ3) is 2.73. The Morgan fingerprint density at radius 2 is 2.06 bits per heavy atom. The molecular formula is C12H10ClF2N3. The van der Waals surface area contributed by atoms with Crippen LogP contribution in [-0.2, 0) is 6.42 Å². The van der Waals surface area contributed by atoms with Gasteiger partial charge in [-0.3, -0.25) is 0 Å². The van der Waals surface area contributed by atoms with E-state index in [-0.39, 0.29) is 10.8 Å². The average Bonchev–Trinajstić information content (AvgIpc) is 2.34. The van der Waals surface area contributed by atoms with Gasteiger partial charge in [0.05, 0.1) is 5.69 Å². The second-order valence-electron chi connectivity index (χ2n) is 3.57. The number of nitrogens with one attached hydrogen (secondary N) is 1. The second kappa shape index (κ2) is 5.27. The van der Waals surface area contributed by atoms with Crippen LogP contribution in [0.3, 0.4) is 0 Å². The van der Waals surface area contributed by atoms with Crippen molar-refractivity contribution < 1.29 is 8.78 Å². The third-order valence-electron chi connectivity index (χ3n) is 2.27. The maximum atomic E-state index is 13.5. The molecule has 0 unspecified atom stereocenters. The zero-order chi connectivity index (χ0) is 13.1. The van der Waals surface area contributed by atoms with Crippen molar-refractivity contribution in [1.29, 1.82) is 0 Å². The summed E-state index contributed by atoms with van der Waals surface area (Å²) in [5.74, 6) is -1.01. The molecule has 0 fully saturated rings. The van der Waals surface area contributed by atoms with Gasteiger partial charge >= 0.3 is 0 Å². The van der Waals surface area contributed by atoms with Crippen LogP contribution in [0.5, 0.6) is 0 Å². The molecule has 0 saturated carbocycles. The van der Waals surface area contributed by atoms with Crippen molar-refractivity contribution in [3.05, 3.63) is 46.9 Å². The predicted octanol–water partition coefficient (Wildman–Crippen LogP) is 3.71. The molecule has 1 heterocycles. The molecule has 0 radical (unpaired) electrons. The van der Waals surface area contributed by atoms with Crippen molar-refractivity contribution in [1.82, 2.24) is 9.97 Å². The number of anilines is 2. The van der Waals surface area contributed by atoms with Crippen LogP contribution in [0.2, 0.25) is 5.15 Å². The summed E-state index contributed by atoms with van der Waals surface area (Å²) in [6, 6.07) is 5.32. The molecule has 0 saturated heterocycles. The van der Waals surface area contributed by atoms with Crippen LogP contribution in [0, 0.1) is 11.6 Å². The predicted molar refractivity (Wildman–Crippen MR) is 66.1 cm³/mol. The molecule has 1 aromatic heterocycles. The fourth-order valence-electron chi connectivity index (χ4n) is 1.43. The largest absolute Gasteiger partial charge is 0.338 e. The Labute approximate surface area is 108 Å². The molecule has 6 heteroatoms. The first-order valence-corrected chi connectivity index (χ1v) is 5.72. The van der Waals surface area contributed by atoms with Crippen LogP contribution in [0.15, 0.2) is 24.3 Å². The highest BCUT2D eigenvalue weighted by molar-refractivity contribution is 6.29. The molecule has 18 heavy (non-hydrogen) atoms. The van der Waals surface area contributed by atoms with Crippen LogP contribution in [0.25, 0.3) is 0 Å². The minimum atomic E-state index is -0.953. The van der Waals surface area contributed by atoms with Gasteiger partial charge in [0, 0.05) is 12.5 Å². The summed E-state index contributed by atoms with van der Waals surface area (Å²) in [7, 11) is 0. The minimum Gasteiger partial charge on any atom is -0.338 e. The molecule has 3 nitrogen and oxygen atoms in total. The number of hydrogen-bond acceptors (Lipinski definition) is 3. The molecule has 0 aliphatic carbocycles. The third-order valence-corrected chi connectivity index (χ3v) is 2.47. The van der Waals surface area contributed by atoms with Crippen LogP contribution in [-0.4, -0.2) is 9.97 Å². The highest BCUT2D eigenvalue weighted by Gasteiger charge is 2.09. The van der Waals surface area contributed by atoms with E-state index in [1.807, 2.05) is 6.92 Å². The summed E-state index contributed by atoms with van der Waals surface area (Å²) in [6.45, 7) is 1.87. The zero-order valence-corrected chi connectivity index (χ0v) is 10.3. The van der Waals surface area contributed by atoms with Gasteiger partial charge in [-0.1, -0.05) is 24.6 Å². The lowest BCUT2D eigenvalue weighted by Crippen LogP contribution is -2.01. The number of nitrogens with zero attached hydrogens (tertiary/aromatic N) is 2. The number of aromatic nitrogens is 2. The van der Waals surface area contributed by atoms with Crippen molar-refractivity contribution in [2.45, 2.75) is 13.3 Å². The second-order valence-corrected chi connectivity index (χ2v) is 3.96. The van der Waals surface area contributed by atoms with Crippen LogP contribution in [0.4, 0.5) is 20.3 Å². The molecule has 0 bridgehead atoms. The van der Waals surface area contributed by atoms with Crippen molar-refractivity contribution in [2.75, 3.05) is 5.32 Å². The Morgan fingerprint density at radius 3 is 2.78 bits per heavy atom. The van der Waals surface area contributed by atoms with Gasteiger partial charge in [-0.25, -0.2) is 18.7 Å². The number of halogens is 3. The van der Waals surface area contributed by atoms with E-state index in [1.165, 1.54) is 18.2 Å². The van der Waals surface area contributed by atoms with Gasteiger partial charge in [0.25, 0.3) is 0 Å². The first-order chi connectivity index (χ1) is 8.60. The zero-order valence-electron chi connectivity index (χ0n) is 9.54. The maximum Gasteiger partial charge on any atom is 0.182 e. The first-order valence-electron chi connectivity index (χ1n) is 5.34. The molecule has 0 atom stereocenters. The van der Waals surface area contributed by atoms with Gasteiger partial charge < -0.3 is 5.32 Å². The molecule has 1 N–H and O–H groups in total. The van der Waals surface area contributed by atoms with E-state index >= 15 is 0 Å². The van der Waals surface area contributed by atoms with E-state index in [0.29, 0.717) is 18.1 Å². The first kappa shape index (κ1) is 12.7. The van der Waals surface area contributed by atoms with Gasteiger partial charge in [-0.2, -0.15) is 0 Å². The van der Waals surface area contributed by atoms with Gasteiger partial charge in [-0.15, -0.1) is 0 Å². The standard InChI is InChI=1S/C12H10ClF2N3/c1-2-10-17-9(13)6-11(18-10)16-8-5-3-4-7(14)12(8)15/h3-6H,2H2,1H3,(H,16,17,18). The van der Waals surface area contributed by atoms with Gasteiger partial charge in [0.1, 0.15) is 16.8 Å². The van der Waals surface area contributed by atoms with E-state index in [0.717, 1.165) is 6.07 Å². The lowest BCUT2D eigenvalue weighted by Gasteiger charge is -2.08. The summed E-state index contributed by atoms with van der Waals surface area (Å²) < 4.78 is 26.5. The van der Waals surface area contributed by atoms with E-state index in [9.17, 15) is 8.78 Å². The fourth-order valence-corrected chi connectivity index (χ4v) is 1.63. The molecule has 0 spiro atoms. The molecule has 94 valence electrons. The number of rotatable bonds is 3. The van der Waals surface area contributed by atoms with Crippen LogP contribution < -0.4 is 5.32 Å².